The lowest BCUT2D eigenvalue weighted by molar-refractivity contribution is -0.253. The number of piperidine rings is 1. The van der Waals surface area contributed by atoms with Crippen molar-refractivity contribution in [3.8, 4) is 22.6 Å². The van der Waals surface area contributed by atoms with Crippen molar-refractivity contribution in [2.45, 2.75) is 56.5 Å². The van der Waals surface area contributed by atoms with Gasteiger partial charge in [-0.05, 0) is 89.2 Å². The highest BCUT2D eigenvalue weighted by atomic mass is 16.7. The number of hydrogen-bond donors (Lipinski definition) is 4. The van der Waals surface area contributed by atoms with Crippen molar-refractivity contribution in [2.75, 3.05) is 36.5 Å². The minimum atomic E-state index is -0.602. The summed E-state index contributed by atoms with van der Waals surface area (Å²) in [7, 11) is 0. The molecule has 3 aliphatic rings. The van der Waals surface area contributed by atoms with Crippen LogP contribution >= 0.6 is 0 Å². The van der Waals surface area contributed by atoms with Gasteiger partial charge in [0.25, 0.3) is 0 Å². The maximum Gasteiger partial charge on any atom is 0.319 e. The summed E-state index contributed by atoms with van der Waals surface area (Å²) in [5.41, 5.74) is 6.95. The third kappa shape index (κ3) is 9.21. The summed E-state index contributed by atoms with van der Waals surface area (Å²) in [6, 6.07) is 50.9. The number of aliphatic hydroxyl groups excluding tert-OH is 1. The predicted octanol–water partition coefficient (Wildman–Crippen LogP) is 8.93. The molecule has 3 saturated heterocycles. The molecule has 316 valence electrons. The highest BCUT2D eigenvalue weighted by Gasteiger charge is 2.50. The number of para-hydroxylation sites is 2. The summed E-state index contributed by atoms with van der Waals surface area (Å²) >= 11 is 0. The quantitative estimate of drug-likeness (QED) is 0.0965. The van der Waals surface area contributed by atoms with Crippen LogP contribution in [0.5, 0.6) is 11.5 Å². The Morgan fingerprint density at radius 3 is 2.15 bits per heavy atom. The molecular formula is C51H51N5O6. The van der Waals surface area contributed by atoms with Crippen molar-refractivity contribution < 1.29 is 28.9 Å². The van der Waals surface area contributed by atoms with Crippen molar-refractivity contribution in [3.05, 3.63) is 180 Å². The molecule has 3 aliphatic heterocycles. The number of benzene rings is 6. The molecule has 3 atom stereocenters. The normalized spacial score (nSPS) is 19.8. The molecule has 0 aromatic heterocycles. The van der Waals surface area contributed by atoms with Crippen LogP contribution in [0.1, 0.15) is 53.9 Å². The number of carbonyl (C=O) groups is 2. The number of ether oxygens (including phenoxy) is 3. The minimum absolute atomic E-state index is 0.0183. The fraction of sp³-hybridized carbons (Fsp3) is 0.255. The van der Waals surface area contributed by atoms with Gasteiger partial charge in [-0.3, -0.25) is 4.79 Å². The Hall–Kier alpha value is -6.50. The molecule has 62 heavy (non-hydrogen) atoms. The van der Waals surface area contributed by atoms with E-state index in [2.05, 4.69) is 68.2 Å². The summed E-state index contributed by atoms with van der Waals surface area (Å²) in [5, 5.41) is 18.7. The molecule has 11 heteroatoms. The number of anilines is 2. The van der Waals surface area contributed by atoms with E-state index < -0.39 is 11.8 Å². The largest absolute Gasteiger partial charge is 0.457 e. The lowest BCUT2D eigenvalue weighted by atomic mass is 9.85. The Morgan fingerprint density at radius 2 is 1.42 bits per heavy atom. The van der Waals surface area contributed by atoms with E-state index in [4.69, 9.17) is 14.2 Å². The van der Waals surface area contributed by atoms with Crippen molar-refractivity contribution >= 4 is 23.3 Å². The van der Waals surface area contributed by atoms with Gasteiger partial charge in [-0.2, -0.15) is 0 Å². The van der Waals surface area contributed by atoms with Gasteiger partial charge >= 0.3 is 6.03 Å². The molecular weight excluding hydrogens is 779 g/mol. The molecule has 3 amide bonds. The first-order chi connectivity index (χ1) is 30.4. The Morgan fingerprint density at radius 1 is 0.758 bits per heavy atom. The Balaban J connectivity index is 0.852. The summed E-state index contributed by atoms with van der Waals surface area (Å²) in [5.74, 6) is 1.53. The standard InChI is InChI=1S/C51H51N5O6/c57-34-36-15-17-38(18-16-36)47-31-45(33-55-29-27-51(28-30-55)49(58)53-35-56(51)42-10-3-1-4-11-42)61-48(62-47)39-21-19-37(20-22-39)46-14-8-7-9-40(46)32-52-50(59)54-41-23-25-44(26-24-41)60-43-12-5-2-6-13-43/h1-26,45,47-48,57H,27-35H2,(H,53,58)(H2,52,54,59)/t45-,47+,48+/m0/s1. The molecule has 0 unspecified atom stereocenters. The Kier molecular flexibility index (Phi) is 12.3. The lowest BCUT2D eigenvalue weighted by Crippen LogP contribution is -2.57. The van der Waals surface area contributed by atoms with Crippen LogP contribution in [-0.4, -0.2) is 59.9 Å². The zero-order valence-corrected chi connectivity index (χ0v) is 34.5. The zero-order chi connectivity index (χ0) is 42.3. The summed E-state index contributed by atoms with van der Waals surface area (Å²) in [6.45, 7) is 3.11. The monoisotopic (exact) mass is 829 g/mol. The minimum Gasteiger partial charge on any atom is -0.457 e. The zero-order valence-electron chi connectivity index (χ0n) is 34.5. The van der Waals surface area contributed by atoms with E-state index in [9.17, 15) is 14.7 Å². The van der Waals surface area contributed by atoms with Gasteiger partial charge in [0.1, 0.15) is 17.0 Å². The molecule has 0 aliphatic carbocycles. The van der Waals surface area contributed by atoms with Gasteiger partial charge in [0.05, 0.1) is 25.5 Å². The first kappa shape index (κ1) is 40.9. The second-order valence-electron chi connectivity index (χ2n) is 16.1. The average Bonchev–Trinajstić information content (AvgIpc) is 3.64. The third-order valence-electron chi connectivity index (χ3n) is 12.2. The van der Waals surface area contributed by atoms with Gasteiger partial charge in [0.15, 0.2) is 6.29 Å². The van der Waals surface area contributed by atoms with Crippen molar-refractivity contribution in [2.24, 2.45) is 0 Å². The van der Waals surface area contributed by atoms with E-state index in [0.717, 1.165) is 70.7 Å². The van der Waals surface area contributed by atoms with Gasteiger partial charge < -0.3 is 45.1 Å². The number of nitrogens with one attached hydrogen (secondary N) is 3. The molecule has 6 aromatic carbocycles. The van der Waals surface area contributed by atoms with Gasteiger partial charge in [-0.25, -0.2) is 4.79 Å². The highest BCUT2D eigenvalue weighted by Crippen LogP contribution is 2.41. The van der Waals surface area contributed by atoms with E-state index in [1.807, 2.05) is 115 Å². The number of rotatable bonds is 12. The number of likely N-dealkylation sites (tertiary alicyclic amines) is 1. The van der Waals surface area contributed by atoms with Crippen LogP contribution in [0, 0.1) is 0 Å². The van der Waals surface area contributed by atoms with Crippen LogP contribution in [0.15, 0.2) is 158 Å². The number of urea groups is 1. The number of amides is 3. The van der Waals surface area contributed by atoms with Crippen LogP contribution in [-0.2, 0) is 27.4 Å². The SMILES string of the molecule is O=C(NCc1ccccc1-c1ccc([C@@H]2O[C@H](CN3CCC4(CC3)C(=O)NCN4c3ccccc3)C[C@H](c3ccc(CO)cc3)O2)cc1)Nc1ccc(Oc2ccccc2)cc1. The first-order valence-electron chi connectivity index (χ1n) is 21.3. The van der Waals surface area contributed by atoms with Gasteiger partial charge in [0, 0.05) is 49.5 Å². The molecule has 3 heterocycles. The molecule has 0 bridgehead atoms. The fourth-order valence-electron chi connectivity index (χ4n) is 8.82. The first-order valence-corrected chi connectivity index (χ1v) is 21.3. The van der Waals surface area contributed by atoms with Crippen molar-refractivity contribution in [3.63, 3.8) is 0 Å². The topological polar surface area (TPSA) is 125 Å². The fourth-order valence-corrected chi connectivity index (χ4v) is 8.82. The number of hydrogen-bond acceptors (Lipinski definition) is 8. The van der Waals surface area contributed by atoms with Crippen LogP contribution in [0.2, 0.25) is 0 Å². The van der Waals surface area contributed by atoms with Crippen LogP contribution < -0.4 is 25.6 Å². The Bertz CT molecular complexity index is 2420. The van der Waals surface area contributed by atoms with Crippen LogP contribution in [0.4, 0.5) is 16.2 Å². The number of nitrogens with zero attached hydrogens (tertiary/aromatic N) is 2. The number of carbonyl (C=O) groups excluding carboxylic acids is 2. The predicted molar refractivity (Wildman–Crippen MR) is 239 cm³/mol. The maximum atomic E-state index is 13.3. The average molecular weight is 830 g/mol. The van der Waals surface area contributed by atoms with E-state index >= 15 is 0 Å². The summed E-state index contributed by atoms with van der Waals surface area (Å²) in [6.07, 6.45) is 1.20. The van der Waals surface area contributed by atoms with Gasteiger partial charge in [-0.15, -0.1) is 0 Å². The molecule has 3 fully saturated rings. The molecule has 11 nitrogen and oxygen atoms in total. The van der Waals surface area contributed by atoms with Gasteiger partial charge in [0.2, 0.25) is 5.91 Å². The van der Waals surface area contributed by atoms with Crippen LogP contribution in [0.3, 0.4) is 0 Å². The summed E-state index contributed by atoms with van der Waals surface area (Å²) < 4.78 is 19.3. The highest BCUT2D eigenvalue weighted by molar-refractivity contribution is 5.93. The van der Waals surface area contributed by atoms with Crippen molar-refractivity contribution in [1.29, 1.82) is 0 Å². The lowest BCUT2D eigenvalue weighted by Gasteiger charge is -2.45. The van der Waals surface area contributed by atoms with E-state index in [1.165, 1.54) is 0 Å². The molecule has 9 rings (SSSR count). The van der Waals surface area contributed by atoms with Crippen LogP contribution in [0.25, 0.3) is 11.1 Å². The summed E-state index contributed by atoms with van der Waals surface area (Å²) in [4.78, 5) is 31.0. The number of aliphatic hydroxyl groups is 1. The molecule has 4 N–H and O–H groups in total. The second kappa shape index (κ2) is 18.6. The molecule has 6 aromatic rings. The van der Waals surface area contributed by atoms with Gasteiger partial charge in [-0.1, -0.05) is 109 Å². The van der Waals surface area contributed by atoms with E-state index in [-0.39, 0.29) is 30.8 Å². The maximum absolute atomic E-state index is 13.3. The second-order valence-corrected chi connectivity index (χ2v) is 16.1. The van der Waals surface area contributed by atoms with Crippen molar-refractivity contribution in [1.82, 2.24) is 15.5 Å². The Labute approximate surface area is 362 Å². The van der Waals surface area contributed by atoms with E-state index in [0.29, 0.717) is 37.6 Å². The molecule has 0 radical (unpaired) electrons. The smallest absolute Gasteiger partial charge is 0.319 e. The third-order valence-corrected chi connectivity index (χ3v) is 12.2. The molecule has 1 spiro atoms. The van der Waals surface area contributed by atoms with E-state index in [1.54, 1.807) is 0 Å². The molecule has 0 saturated carbocycles.